The lowest BCUT2D eigenvalue weighted by Gasteiger charge is -2.10. The van der Waals surface area contributed by atoms with Crippen LogP contribution in [0.2, 0.25) is 0 Å². The number of methoxy groups -OCH3 is 1. The van der Waals surface area contributed by atoms with Crippen molar-refractivity contribution < 1.29 is 14.3 Å². The molecule has 0 radical (unpaired) electrons. The van der Waals surface area contributed by atoms with Crippen LogP contribution in [0.25, 0.3) is 0 Å². The first-order chi connectivity index (χ1) is 13.7. The number of nitrogens with one attached hydrogen (secondary N) is 2. The summed E-state index contributed by atoms with van der Waals surface area (Å²) in [5.41, 5.74) is 3.05. The van der Waals surface area contributed by atoms with Crippen molar-refractivity contribution in [3.8, 4) is 11.5 Å². The van der Waals surface area contributed by atoms with Crippen molar-refractivity contribution in [2.75, 3.05) is 24.4 Å². The Balaban J connectivity index is 1.60. The molecule has 1 aromatic heterocycles. The molecule has 1 heterocycles. The van der Waals surface area contributed by atoms with E-state index in [4.69, 9.17) is 9.47 Å². The number of carbonyl (C=O) groups excluding carboxylic acids is 1. The number of carbonyl (C=O) groups is 1. The van der Waals surface area contributed by atoms with Crippen LogP contribution in [0.3, 0.4) is 0 Å². The summed E-state index contributed by atoms with van der Waals surface area (Å²) in [4.78, 5) is 16.7. The van der Waals surface area contributed by atoms with Crippen LogP contribution in [-0.4, -0.2) is 24.6 Å². The molecule has 0 fully saturated rings. The van der Waals surface area contributed by atoms with Crippen molar-refractivity contribution in [1.82, 2.24) is 4.98 Å². The molecule has 6 heteroatoms. The van der Waals surface area contributed by atoms with Gasteiger partial charge in [0.1, 0.15) is 11.5 Å². The van der Waals surface area contributed by atoms with Crippen LogP contribution in [0.15, 0.2) is 67.0 Å². The molecule has 3 aromatic rings. The predicted molar refractivity (Wildman–Crippen MR) is 110 cm³/mol. The second-order valence-electron chi connectivity index (χ2n) is 6.08. The van der Waals surface area contributed by atoms with Crippen LogP contribution in [0.5, 0.6) is 11.5 Å². The Kier molecular flexibility index (Phi) is 6.46. The van der Waals surface area contributed by atoms with E-state index in [-0.39, 0.29) is 5.91 Å². The van der Waals surface area contributed by atoms with Crippen LogP contribution in [0.4, 0.5) is 11.4 Å². The van der Waals surface area contributed by atoms with Crippen molar-refractivity contribution in [3.05, 3.63) is 78.1 Å². The van der Waals surface area contributed by atoms with E-state index in [1.165, 1.54) is 0 Å². The number of nitrogens with zero attached hydrogens (tertiary/aromatic N) is 1. The molecule has 1 amide bonds. The predicted octanol–water partition coefficient (Wildman–Crippen LogP) is 4.35. The lowest BCUT2D eigenvalue weighted by molar-refractivity contribution is 0.102. The van der Waals surface area contributed by atoms with Gasteiger partial charge < -0.3 is 20.1 Å². The zero-order valence-corrected chi connectivity index (χ0v) is 15.9. The summed E-state index contributed by atoms with van der Waals surface area (Å²) in [6.45, 7) is 3.15. The van der Waals surface area contributed by atoms with E-state index in [1.807, 2.05) is 55.5 Å². The second kappa shape index (κ2) is 9.41. The first-order valence-electron chi connectivity index (χ1n) is 9.04. The third-order valence-electron chi connectivity index (χ3n) is 4.08. The monoisotopic (exact) mass is 377 g/mol. The summed E-state index contributed by atoms with van der Waals surface area (Å²) < 4.78 is 10.6. The van der Waals surface area contributed by atoms with E-state index in [9.17, 15) is 4.79 Å². The molecule has 0 aliphatic heterocycles. The van der Waals surface area contributed by atoms with Crippen LogP contribution >= 0.6 is 0 Å². The number of anilines is 2. The van der Waals surface area contributed by atoms with E-state index >= 15 is 0 Å². The fraction of sp³-hybridized carbons (Fsp3) is 0.182. The van der Waals surface area contributed by atoms with Gasteiger partial charge in [0, 0.05) is 24.6 Å². The largest absolute Gasteiger partial charge is 0.497 e. The van der Waals surface area contributed by atoms with Gasteiger partial charge in [-0.1, -0.05) is 12.1 Å². The Labute approximate surface area is 164 Å². The van der Waals surface area contributed by atoms with Crippen LogP contribution in [0.1, 0.15) is 22.8 Å². The van der Waals surface area contributed by atoms with Gasteiger partial charge in [-0.15, -0.1) is 0 Å². The molecule has 0 atom stereocenters. The van der Waals surface area contributed by atoms with Gasteiger partial charge in [0.05, 0.1) is 25.0 Å². The van der Waals surface area contributed by atoms with Gasteiger partial charge >= 0.3 is 0 Å². The highest BCUT2D eigenvalue weighted by atomic mass is 16.5. The summed E-state index contributed by atoms with van der Waals surface area (Å²) >= 11 is 0. The van der Waals surface area contributed by atoms with Gasteiger partial charge in [0.25, 0.3) is 5.91 Å². The summed E-state index contributed by atoms with van der Waals surface area (Å²) in [6, 6.07) is 16.8. The second-order valence-corrected chi connectivity index (χ2v) is 6.08. The highest BCUT2D eigenvalue weighted by Crippen LogP contribution is 2.18. The van der Waals surface area contributed by atoms with Crippen molar-refractivity contribution >= 4 is 17.3 Å². The zero-order chi connectivity index (χ0) is 19.8. The maximum Gasteiger partial charge on any atom is 0.257 e. The minimum atomic E-state index is -0.218. The number of rotatable bonds is 8. The molecule has 0 saturated carbocycles. The van der Waals surface area contributed by atoms with E-state index in [0.717, 1.165) is 22.7 Å². The molecule has 0 aliphatic rings. The van der Waals surface area contributed by atoms with Gasteiger partial charge in [-0.25, -0.2) is 0 Å². The number of aromatic nitrogens is 1. The summed E-state index contributed by atoms with van der Waals surface area (Å²) in [7, 11) is 1.64. The first kappa shape index (κ1) is 19.2. The summed E-state index contributed by atoms with van der Waals surface area (Å²) in [6.07, 6.45) is 3.24. The fourth-order valence-corrected chi connectivity index (χ4v) is 2.61. The number of benzene rings is 2. The standard InChI is InChI=1S/C22H23N3O3/c1-3-28-21-10-6-18(7-11-21)25-22(26)17-12-19(15-23-14-17)24-13-16-4-8-20(27-2)9-5-16/h4-12,14-15,24H,3,13H2,1-2H3,(H,25,26). The molecule has 3 rings (SSSR count). The average Bonchev–Trinajstić information content (AvgIpc) is 2.74. The van der Waals surface area contributed by atoms with E-state index in [2.05, 4.69) is 15.6 Å². The third kappa shape index (κ3) is 5.23. The van der Waals surface area contributed by atoms with E-state index in [0.29, 0.717) is 24.4 Å². The molecule has 0 spiro atoms. The first-order valence-corrected chi connectivity index (χ1v) is 9.04. The average molecular weight is 377 g/mol. The minimum Gasteiger partial charge on any atom is -0.497 e. The summed E-state index contributed by atoms with van der Waals surface area (Å²) in [5.74, 6) is 1.37. The van der Waals surface area contributed by atoms with Gasteiger partial charge in [-0.05, 0) is 55.0 Å². The van der Waals surface area contributed by atoms with Crippen LogP contribution in [0, 0.1) is 0 Å². The lowest BCUT2D eigenvalue weighted by atomic mass is 10.2. The molecule has 0 bridgehead atoms. The number of amides is 1. The number of pyridine rings is 1. The van der Waals surface area contributed by atoms with Crippen molar-refractivity contribution in [3.63, 3.8) is 0 Å². The van der Waals surface area contributed by atoms with Crippen LogP contribution in [-0.2, 0) is 6.54 Å². The molecule has 144 valence electrons. The summed E-state index contributed by atoms with van der Waals surface area (Å²) in [5, 5.41) is 6.14. The van der Waals surface area contributed by atoms with Gasteiger partial charge in [-0.2, -0.15) is 0 Å². The Bertz CT molecular complexity index is 909. The molecule has 6 nitrogen and oxygen atoms in total. The molecular weight excluding hydrogens is 354 g/mol. The number of hydrogen-bond donors (Lipinski definition) is 2. The Morgan fingerprint density at radius 3 is 2.36 bits per heavy atom. The molecular formula is C22H23N3O3. The molecule has 0 unspecified atom stereocenters. The van der Waals surface area contributed by atoms with Gasteiger partial charge in [-0.3, -0.25) is 9.78 Å². The topological polar surface area (TPSA) is 72.5 Å². The Morgan fingerprint density at radius 1 is 0.964 bits per heavy atom. The lowest BCUT2D eigenvalue weighted by Crippen LogP contribution is -2.12. The molecule has 28 heavy (non-hydrogen) atoms. The Morgan fingerprint density at radius 2 is 1.68 bits per heavy atom. The molecule has 0 saturated heterocycles. The normalized spacial score (nSPS) is 10.2. The fourth-order valence-electron chi connectivity index (χ4n) is 2.61. The van der Waals surface area contributed by atoms with Crippen molar-refractivity contribution in [1.29, 1.82) is 0 Å². The quantitative estimate of drug-likeness (QED) is 0.610. The smallest absolute Gasteiger partial charge is 0.257 e. The number of hydrogen-bond acceptors (Lipinski definition) is 5. The van der Waals surface area contributed by atoms with E-state index in [1.54, 1.807) is 25.6 Å². The van der Waals surface area contributed by atoms with Crippen LogP contribution < -0.4 is 20.1 Å². The Hall–Kier alpha value is -3.54. The molecule has 2 N–H and O–H groups in total. The van der Waals surface area contributed by atoms with E-state index < -0.39 is 0 Å². The number of ether oxygens (including phenoxy) is 2. The third-order valence-corrected chi connectivity index (χ3v) is 4.08. The SMILES string of the molecule is CCOc1ccc(NC(=O)c2cncc(NCc3ccc(OC)cc3)c2)cc1. The highest BCUT2D eigenvalue weighted by molar-refractivity contribution is 6.04. The maximum atomic E-state index is 12.5. The molecule has 0 aliphatic carbocycles. The van der Waals surface area contributed by atoms with Crippen molar-refractivity contribution in [2.45, 2.75) is 13.5 Å². The zero-order valence-electron chi connectivity index (χ0n) is 15.9. The van der Waals surface area contributed by atoms with Gasteiger partial charge in [0.15, 0.2) is 0 Å². The van der Waals surface area contributed by atoms with Gasteiger partial charge in [0.2, 0.25) is 0 Å². The minimum absolute atomic E-state index is 0.218. The van der Waals surface area contributed by atoms with Crippen molar-refractivity contribution in [2.24, 2.45) is 0 Å². The highest BCUT2D eigenvalue weighted by Gasteiger charge is 2.08. The molecule has 2 aromatic carbocycles. The maximum absolute atomic E-state index is 12.5.